The maximum atomic E-state index is 12.3. The molecule has 8 heteroatoms. The Hall–Kier alpha value is -3.29. The van der Waals surface area contributed by atoms with Crippen molar-refractivity contribution in [3.05, 3.63) is 54.2 Å². The number of hydrogen-bond acceptors (Lipinski definition) is 7. The normalized spacial score (nSPS) is 11.0. The number of hydrogen-bond donors (Lipinski definition) is 0. The summed E-state index contributed by atoms with van der Waals surface area (Å²) in [5.74, 6) is -1.40. The number of rotatable bonds is 9. The van der Waals surface area contributed by atoms with Crippen LogP contribution in [0.15, 0.2) is 42.9 Å². The summed E-state index contributed by atoms with van der Waals surface area (Å²) in [5, 5.41) is 0. The number of fused-ring (bicyclic) bond motifs is 1. The third-order valence-electron chi connectivity index (χ3n) is 4.47. The predicted molar refractivity (Wildman–Crippen MR) is 106 cm³/mol. The molecule has 0 fully saturated rings. The summed E-state index contributed by atoms with van der Waals surface area (Å²) in [5.41, 5.74) is 2.48. The molecule has 3 rings (SSSR count). The van der Waals surface area contributed by atoms with Gasteiger partial charge in [0.15, 0.2) is 11.6 Å². The zero-order valence-corrected chi connectivity index (χ0v) is 16.6. The zero-order valence-electron chi connectivity index (χ0n) is 16.6. The highest BCUT2D eigenvalue weighted by Gasteiger charge is 2.30. The van der Waals surface area contributed by atoms with Gasteiger partial charge in [0, 0.05) is 6.42 Å². The SMILES string of the molecule is CCOC(=O)C(CCc1nc2cncnc2n1Cc1ccccc1)C(=O)OCC. The van der Waals surface area contributed by atoms with Crippen molar-refractivity contribution in [1.82, 2.24) is 19.5 Å². The Labute approximate surface area is 168 Å². The topological polar surface area (TPSA) is 96.2 Å². The highest BCUT2D eigenvalue weighted by molar-refractivity contribution is 5.94. The third kappa shape index (κ3) is 4.96. The molecule has 0 saturated carbocycles. The van der Waals surface area contributed by atoms with Crippen LogP contribution in [0.2, 0.25) is 0 Å². The fourth-order valence-electron chi connectivity index (χ4n) is 3.14. The van der Waals surface area contributed by atoms with Crippen molar-refractivity contribution in [2.24, 2.45) is 5.92 Å². The molecule has 0 bridgehead atoms. The van der Waals surface area contributed by atoms with Crippen molar-refractivity contribution in [2.45, 2.75) is 33.2 Å². The maximum absolute atomic E-state index is 12.3. The lowest BCUT2D eigenvalue weighted by Gasteiger charge is -2.15. The number of carbonyl (C=O) groups excluding carboxylic acids is 2. The van der Waals surface area contributed by atoms with Crippen LogP contribution >= 0.6 is 0 Å². The lowest BCUT2D eigenvalue weighted by molar-refractivity contribution is -0.161. The molecule has 29 heavy (non-hydrogen) atoms. The largest absolute Gasteiger partial charge is 0.465 e. The van der Waals surface area contributed by atoms with Gasteiger partial charge < -0.3 is 14.0 Å². The van der Waals surface area contributed by atoms with Crippen LogP contribution < -0.4 is 0 Å². The summed E-state index contributed by atoms with van der Waals surface area (Å²) < 4.78 is 12.1. The standard InChI is InChI=1S/C21H24N4O4/c1-3-28-20(26)16(21(27)29-4-2)10-11-18-24-17-12-22-14-23-19(17)25(18)13-15-8-6-5-7-9-15/h5-9,12,14,16H,3-4,10-11,13H2,1-2H3. The summed E-state index contributed by atoms with van der Waals surface area (Å²) in [4.78, 5) is 37.5. The molecule has 0 spiro atoms. The first-order valence-electron chi connectivity index (χ1n) is 9.66. The average molecular weight is 396 g/mol. The molecule has 2 heterocycles. The number of imidazole rings is 1. The van der Waals surface area contributed by atoms with E-state index in [9.17, 15) is 9.59 Å². The second-order valence-electron chi connectivity index (χ2n) is 6.43. The van der Waals surface area contributed by atoms with Gasteiger partial charge in [-0.2, -0.15) is 0 Å². The highest BCUT2D eigenvalue weighted by Crippen LogP contribution is 2.19. The van der Waals surface area contributed by atoms with E-state index in [0.717, 1.165) is 11.4 Å². The van der Waals surface area contributed by atoms with Crippen molar-refractivity contribution in [2.75, 3.05) is 13.2 Å². The van der Waals surface area contributed by atoms with E-state index >= 15 is 0 Å². The van der Waals surface area contributed by atoms with E-state index in [1.165, 1.54) is 6.33 Å². The zero-order chi connectivity index (χ0) is 20.6. The van der Waals surface area contributed by atoms with Gasteiger partial charge in [0.25, 0.3) is 0 Å². The summed E-state index contributed by atoms with van der Waals surface area (Å²) in [6.07, 6.45) is 3.77. The van der Waals surface area contributed by atoms with Crippen LogP contribution in [0.5, 0.6) is 0 Å². The van der Waals surface area contributed by atoms with E-state index in [4.69, 9.17) is 9.47 Å². The monoisotopic (exact) mass is 396 g/mol. The van der Waals surface area contributed by atoms with Gasteiger partial charge in [-0.1, -0.05) is 30.3 Å². The molecular formula is C21H24N4O4. The Morgan fingerprint density at radius 3 is 2.41 bits per heavy atom. The minimum Gasteiger partial charge on any atom is -0.465 e. The number of benzene rings is 1. The summed E-state index contributed by atoms with van der Waals surface area (Å²) in [6, 6.07) is 9.96. The van der Waals surface area contributed by atoms with Gasteiger partial charge in [0.1, 0.15) is 17.7 Å². The quantitative estimate of drug-likeness (QED) is 0.405. The number of esters is 2. The molecule has 0 radical (unpaired) electrons. The fourth-order valence-corrected chi connectivity index (χ4v) is 3.14. The van der Waals surface area contributed by atoms with Crippen LogP contribution in [0.1, 0.15) is 31.7 Å². The number of ether oxygens (including phenoxy) is 2. The van der Waals surface area contributed by atoms with Gasteiger partial charge in [-0.15, -0.1) is 0 Å². The molecule has 0 saturated heterocycles. The molecule has 0 aliphatic carbocycles. The smallest absolute Gasteiger partial charge is 0.320 e. The number of aryl methyl sites for hydroxylation is 1. The predicted octanol–water partition coefficient (Wildman–Crippen LogP) is 2.55. The molecule has 3 aromatic rings. The third-order valence-corrected chi connectivity index (χ3v) is 4.47. The Morgan fingerprint density at radius 1 is 1.07 bits per heavy atom. The molecule has 152 valence electrons. The van der Waals surface area contributed by atoms with E-state index in [1.807, 2.05) is 34.9 Å². The molecule has 0 amide bonds. The van der Waals surface area contributed by atoms with Gasteiger partial charge in [-0.25, -0.2) is 15.0 Å². The Kier molecular flexibility index (Phi) is 6.89. The molecule has 0 N–H and O–H groups in total. The number of nitrogens with zero attached hydrogens (tertiary/aromatic N) is 4. The Balaban J connectivity index is 1.87. The highest BCUT2D eigenvalue weighted by atomic mass is 16.6. The molecule has 0 unspecified atom stereocenters. The van der Waals surface area contributed by atoms with Crippen molar-refractivity contribution >= 4 is 23.1 Å². The lowest BCUT2D eigenvalue weighted by Crippen LogP contribution is -2.29. The molecule has 0 aliphatic heterocycles. The molecule has 0 atom stereocenters. The van der Waals surface area contributed by atoms with Crippen LogP contribution in [-0.4, -0.2) is 44.7 Å². The van der Waals surface area contributed by atoms with Crippen molar-refractivity contribution in [3.8, 4) is 0 Å². The molecule has 0 aliphatic rings. The summed E-state index contributed by atoms with van der Waals surface area (Å²) >= 11 is 0. The van der Waals surface area contributed by atoms with Crippen LogP contribution in [0.3, 0.4) is 0 Å². The van der Waals surface area contributed by atoms with Crippen LogP contribution in [-0.2, 0) is 32.0 Å². The van der Waals surface area contributed by atoms with Crippen LogP contribution in [0.4, 0.5) is 0 Å². The van der Waals surface area contributed by atoms with Crippen molar-refractivity contribution < 1.29 is 19.1 Å². The summed E-state index contributed by atoms with van der Waals surface area (Å²) in [6.45, 7) is 4.40. The van der Waals surface area contributed by atoms with Crippen molar-refractivity contribution in [3.63, 3.8) is 0 Å². The van der Waals surface area contributed by atoms with E-state index in [-0.39, 0.29) is 19.6 Å². The van der Waals surface area contributed by atoms with E-state index in [0.29, 0.717) is 24.1 Å². The first kappa shape index (κ1) is 20.4. The lowest BCUT2D eigenvalue weighted by atomic mass is 10.0. The van der Waals surface area contributed by atoms with E-state index in [2.05, 4.69) is 15.0 Å². The minimum absolute atomic E-state index is 0.205. The van der Waals surface area contributed by atoms with Gasteiger partial charge in [0.2, 0.25) is 0 Å². The van der Waals surface area contributed by atoms with Gasteiger partial charge in [-0.3, -0.25) is 9.59 Å². The van der Waals surface area contributed by atoms with E-state index < -0.39 is 17.9 Å². The van der Waals surface area contributed by atoms with E-state index in [1.54, 1.807) is 20.0 Å². The second kappa shape index (κ2) is 9.77. The fraction of sp³-hybridized carbons (Fsp3) is 0.381. The Bertz CT molecular complexity index is 953. The first-order chi connectivity index (χ1) is 14.1. The van der Waals surface area contributed by atoms with Crippen LogP contribution in [0.25, 0.3) is 11.2 Å². The Morgan fingerprint density at radius 2 is 1.76 bits per heavy atom. The van der Waals surface area contributed by atoms with Crippen molar-refractivity contribution in [1.29, 1.82) is 0 Å². The van der Waals surface area contributed by atoms with Gasteiger partial charge in [-0.05, 0) is 25.8 Å². The molecule has 8 nitrogen and oxygen atoms in total. The average Bonchev–Trinajstić information content (AvgIpc) is 3.07. The minimum atomic E-state index is -0.981. The number of carbonyl (C=O) groups is 2. The molecular weight excluding hydrogens is 372 g/mol. The second-order valence-corrected chi connectivity index (χ2v) is 6.43. The number of aromatic nitrogens is 4. The summed E-state index contributed by atoms with van der Waals surface area (Å²) in [7, 11) is 0. The van der Waals surface area contributed by atoms with Gasteiger partial charge in [0.05, 0.1) is 26.0 Å². The molecule has 2 aromatic heterocycles. The first-order valence-corrected chi connectivity index (χ1v) is 9.66. The van der Waals surface area contributed by atoms with Crippen LogP contribution in [0, 0.1) is 5.92 Å². The van der Waals surface area contributed by atoms with Gasteiger partial charge >= 0.3 is 11.9 Å². The molecule has 1 aromatic carbocycles. The maximum Gasteiger partial charge on any atom is 0.320 e.